The Bertz CT molecular complexity index is 1210. The SMILES string of the molecule is Cc1cc(N)ccc1-c1ccnc2c1ccn2S(=O)(=O)c1ccccc1. The van der Waals surface area contributed by atoms with Crippen molar-refractivity contribution < 1.29 is 8.42 Å². The third-order valence-corrected chi connectivity index (χ3v) is 6.08. The number of aromatic nitrogens is 2. The maximum absolute atomic E-state index is 13.0. The summed E-state index contributed by atoms with van der Waals surface area (Å²) in [6.45, 7) is 1.98. The van der Waals surface area contributed by atoms with Crippen LogP contribution in [0.5, 0.6) is 0 Å². The van der Waals surface area contributed by atoms with Crippen molar-refractivity contribution in [3.05, 3.63) is 78.6 Å². The molecule has 4 rings (SSSR count). The van der Waals surface area contributed by atoms with Gasteiger partial charge in [0, 0.05) is 23.5 Å². The summed E-state index contributed by atoms with van der Waals surface area (Å²) >= 11 is 0. The first kappa shape index (κ1) is 16.4. The van der Waals surface area contributed by atoms with Gasteiger partial charge in [0.2, 0.25) is 0 Å². The molecule has 2 aromatic carbocycles. The minimum absolute atomic E-state index is 0.230. The summed E-state index contributed by atoms with van der Waals surface area (Å²) in [4.78, 5) is 4.56. The fourth-order valence-electron chi connectivity index (χ4n) is 3.14. The predicted molar refractivity (Wildman–Crippen MR) is 103 cm³/mol. The van der Waals surface area contributed by atoms with Crippen molar-refractivity contribution >= 4 is 26.7 Å². The van der Waals surface area contributed by atoms with E-state index in [0.717, 1.165) is 22.1 Å². The summed E-state index contributed by atoms with van der Waals surface area (Å²) in [6, 6.07) is 17.7. The van der Waals surface area contributed by atoms with Crippen molar-refractivity contribution in [2.24, 2.45) is 0 Å². The molecule has 5 nitrogen and oxygen atoms in total. The number of fused-ring (bicyclic) bond motifs is 1. The van der Waals surface area contributed by atoms with Gasteiger partial charge in [-0.15, -0.1) is 0 Å². The van der Waals surface area contributed by atoms with E-state index < -0.39 is 10.0 Å². The lowest BCUT2D eigenvalue weighted by Gasteiger charge is -2.10. The normalized spacial score (nSPS) is 11.7. The molecule has 6 heteroatoms. The van der Waals surface area contributed by atoms with E-state index >= 15 is 0 Å². The van der Waals surface area contributed by atoms with Gasteiger partial charge in [-0.25, -0.2) is 17.4 Å². The summed E-state index contributed by atoms with van der Waals surface area (Å²) in [5.74, 6) is 0. The molecule has 0 aliphatic heterocycles. The van der Waals surface area contributed by atoms with Crippen LogP contribution in [0.1, 0.15) is 5.56 Å². The van der Waals surface area contributed by atoms with Crippen LogP contribution in [-0.4, -0.2) is 17.4 Å². The number of aryl methyl sites for hydroxylation is 1. The highest BCUT2D eigenvalue weighted by molar-refractivity contribution is 7.90. The second-order valence-corrected chi connectivity index (χ2v) is 7.91. The van der Waals surface area contributed by atoms with Crippen molar-refractivity contribution in [2.45, 2.75) is 11.8 Å². The van der Waals surface area contributed by atoms with Crippen LogP contribution < -0.4 is 5.73 Å². The molecular weight excluding hydrogens is 346 g/mol. The van der Waals surface area contributed by atoms with Gasteiger partial charge >= 0.3 is 0 Å². The van der Waals surface area contributed by atoms with E-state index in [9.17, 15) is 8.42 Å². The van der Waals surface area contributed by atoms with Crippen LogP contribution in [0, 0.1) is 6.92 Å². The number of anilines is 1. The maximum atomic E-state index is 13.0. The molecule has 0 unspecified atom stereocenters. The highest BCUT2D eigenvalue weighted by Gasteiger charge is 2.20. The monoisotopic (exact) mass is 363 g/mol. The van der Waals surface area contributed by atoms with Crippen LogP contribution in [0.15, 0.2) is 78.0 Å². The van der Waals surface area contributed by atoms with Crippen LogP contribution in [-0.2, 0) is 10.0 Å². The molecule has 0 atom stereocenters. The Hall–Kier alpha value is -3.12. The molecule has 0 aliphatic carbocycles. The lowest BCUT2D eigenvalue weighted by molar-refractivity contribution is 0.589. The topological polar surface area (TPSA) is 78.0 Å². The minimum atomic E-state index is -3.70. The molecule has 4 aromatic rings. The molecule has 26 heavy (non-hydrogen) atoms. The smallest absolute Gasteiger partial charge is 0.269 e. The van der Waals surface area contributed by atoms with E-state index in [2.05, 4.69) is 4.98 Å². The average Bonchev–Trinajstić information content (AvgIpc) is 3.08. The van der Waals surface area contributed by atoms with E-state index in [0.29, 0.717) is 11.3 Å². The number of nitrogens with two attached hydrogens (primary N) is 1. The Morgan fingerprint density at radius 2 is 1.73 bits per heavy atom. The molecular formula is C20H17N3O2S. The van der Waals surface area contributed by atoms with Gasteiger partial charge in [-0.05, 0) is 60.0 Å². The summed E-state index contributed by atoms with van der Waals surface area (Å²) < 4.78 is 27.2. The Labute approximate surface area is 151 Å². The third-order valence-electron chi connectivity index (χ3n) is 4.40. The maximum Gasteiger partial charge on any atom is 0.269 e. The summed E-state index contributed by atoms with van der Waals surface area (Å²) in [6.07, 6.45) is 3.18. The molecule has 0 saturated heterocycles. The van der Waals surface area contributed by atoms with Gasteiger partial charge in [0.25, 0.3) is 10.0 Å². The molecule has 2 heterocycles. The van der Waals surface area contributed by atoms with E-state index in [-0.39, 0.29) is 4.90 Å². The molecule has 2 aromatic heterocycles. The molecule has 0 saturated carbocycles. The molecule has 130 valence electrons. The molecule has 0 aliphatic rings. The third kappa shape index (κ3) is 2.55. The zero-order chi connectivity index (χ0) is 18.3. The minimum Gasteiger partial charge on any atom is -0.399 e. The zero-order valence-corrected chi connectivity index (χ0v) is 14.9. The highest BCUT2D eigenvalue weighted by Crippen LogP contribution is 2.32. The number of hydrogen-bond donors (Lipinski definition) is 1. The standard InChI is InChI=1S/C20H17N3O2S/c1-14-13-15(21)7-8-17(14)18-9-11-22-20-19(18)10-12-23(20)26(24,25)16-5-3-2-4-6-16/h2-13H,21H2,1H3. The molecule has 0 amide bonds. The predicted octanol–water partition coefficient (Wildman–Crippen LogP) is 3.83. The number of nitrogen functional groups attached to an aromatic ring is 1. The number of nitrogens with zero attached hydrogens (tertiary/aromatic N) is 2. The first-order chi connectivity index (χ1) is 12.5. The van der Waals surface area contributed by atoms with Crippen molar-refractivity contribution in [1.82, 2.24) is 8.96 Å². The first-order valence-corrected chi connectivity index (χ1v) is 9.56. The number of pyridine rings is 1. The van der Waals surface area contributed by atoms with Gasteiger partial charge < -0.3 is 5.73 Å². The largest absolute Gasteiger partial charge is 0.399 e. The van der Waals surface area contributed by atoms with E-state index in [1.165, 1.54) is 3.97 Å². The van der Waals surface area contributed by atoms with Gasteiger partial charge in [0.1, 0.15) is 0 Å². The zero-order valence-electron chi connectivity index (χ0n) is 14.1. The highest BCUT2D eigenvalue weighted by atomic mass is 32.2. The second-order valence-electron chi connectivity index (χ2n) is 6.10. The van der Waals surface area contributed by atoms with Crippen molar-refractivity contribution in [2.75, 3.05) is 5.73 Å². The van der Waals surface area contributed by atoms with E-state index in [4.69, 9.17) is 5.73 Å². The lowest BCUT2D eigenvalue weighted by Crippen LogP contribution is -2.12. The molecule has 0 bridgehead atoms. The number of benzene rings is 2. The number of hydrogen-bond acceptors (Lipinski definition) is 4. The number of rotatable bonds is 3. The fourth-order valence-corrected chi connectivity index (χ4v) is 4.46. The Morgan fingerprint density at radius 3 is 2.46 bits per heavy atom. The fraction of sp³-hybridized carbons (Fsp3) is 0.0500. The van der Waals surface area contributed by atoms with E-state index in [1.807, 2.05) is 31.2 Å². The second kappa shape index (κ2) is 6.00. The quantitative estimate of drug-likeness (QED) is 0.561. The summed E-state index contributed by atoms with van der Waals surface area (Å²) in [5, 5.41) is 0.778. The van der Waals surface area contributed by atoms with Crippen LogP contribution in [0.25, 0.3) is 22.2 Å². The Kier molecular flexibility index (Phi) is 3.77. The van der Waals surface area contributed by atoms with Gasteiger partial charge in [-0.2, -0.15) is 0 Å². The van der Waals surface area contributed by atoms with Crippen molar-refractivity contribution in [3.8, 4) is 11.1 Å². The Morgan fingerprint density at radius 1 is 0.962 bits per heavy atom. The first-order valence-electron chi connectivity index (χ1n) is 8.12. The van der Waals surface area contributed by atoms with Crippen LogP contribution in [0.3, 0.4) is 0 Å². The van der Waals surface area contributed by atoms with Gasteiger partial charge in [-0.3, -0.25) is 0 Å². The van der Waals surface area contributed by atoms with Gasteiger partial charge in [-0.1, -0.05) is 24.3 Å². The molecule has 0 fully saturated rings. The lowest BCUT2D eigenvalue weighted by atomic mass is 9.99. The molecule has 2 N–H and O–H groups in total. The average molecular weight is 363 g/mol. The van der Waals surface area contributed by atoms with Crippen LogP contribution in [0.2, 0.25) is 0 Å². The van der Waals surface area contributed by atoms with E-state index in [1.54, 1.807) is 48.8 Å². The van der Waals surface area contributed by atoms with Crippen molar-refractivity contribution in [3.63, 3.8) is 0 Å². The summed E-state index contributed by atoms with van der Waals surface area (Å²) in [7, 11) is -3.70. The Balaban J connectivity index is 1.94. The molecule has 0 radical (unpaired) electrons. The van der Waals surface area contributed by atoms with Gasteiger partial charge in [0.05, 0.1) is 4.90 Å². The van der Waals surface area contributed by atoms with Crippen molar-refractivity contribution in [1.29, 1.82) is 0 Å². The molecule has 0 spiro atoms. The van der Waals surface area contributed by atoms with Gasteiger partial charge in [0.15, 0.2) is 5.65 Å². The van der Waals surface area contributed by atoms with Crippen LogP contribution >= 0.6 is 0 Å². The van der Waals surface area contributed by atoms with Crippen LogP contribution in [0.4, 0.5) is 5.69 Å². The summed E-state index contributed by atoms with van der Waals surface area (Å²) in [5.41, 5.74) is 9.90.